The van der Waals surface area contributed by atoms with E-state index in [4.69, 9.17) is 5.73 Å². The van der Waals surface area contributed by atoms with Crippen molar-refractivity contribution < 1.29 is 9.90 Å². The molecule has 0 spiro atoms. The second-order valence-corrected chi connectivity index (χ2v) is 3.87. The van der Waals surface area contributed by atoms with E-state index in [1.54, 1.807) is 6.92 Å². The number of hydrogen-bond acceptors (Lipinski definition) is 3. The highest BCUT2D eigenvalue weighted by atomic mass is 16.3. The molecule has 0 aromatic rings. The molecule has 1 aliphatic rings. The van der Waals surface area contributed by atoms with Gasteiger partial charge in [-0.2, -0.15) is 0 Å². The lowest BCUT2D eigenvalue weighted by Gasteiger charge is -2.12. The maximum atomic E-state index is 10.6. The lowest BCUT2D eigenvalue weighted by atomic mass is 10.1. The van der Waals surface area contributed by atoms with E-state index in [9.17, 15) is 9.90 Å². The first kappa shape index (κ1) is 10.5. The van der Waals surface area contributed by atoms with Crippen molar-refractivity contribution in [2.24, 2.45) is 17.6 Å². The smallest absolute Gasteiger partial charge is 0.221 e. The molecular weight excluding hydrogens is 168 g/mol. The summed E-state index contributed by atoms with van der Waals surface area (Å²) in [6.45, 7) is 2.90. The average Bonchev–Trinajstić information content (AvgIpc) is 2.85. The van der Waals surface area contributed by atoms with Crippen molar-refractivity contribution in [3.05, 3.63) is 0 Å². The van der Waals surface area contributed by atoms with Crippen molar-refractivity contribution in [1.82, 2.24) is 5.32 Å². The van der Waals surface area contributed by atoms with Crippen molar-refractivity contribution in [3.8, 4) is 0 Å². The first-order valence-electron chi connectivity index (χ1n) is 4.79. The minimum absolute atomic E-state index is 0.161. The molecule has 0 bridgehead atoms. The molecule has 1 rings (SSSR count). The van der Waals surface area contributed by atoms with Crippen LogP contribution in [0.15, 0.2) is 0 Å². The van der Waals surface area contributed by atoms with Crippen molar-refractivity contribution >= 4 is 5.91 Å². The Balaban J connectivity index is 2.02. The Hall–Kier alpha value is -0.610. The summed E-state index contributed by atoms with van der Waals surface area (Å²) in [6, 6.07) is 0. The number of nitrogens with two attached hydrogens (primary N) is 1. The van der Waals surface area contributed by atoms with Crippen LogP contribution in [0.3, 0.4) is 0 Å². The SMILES string of the molecule is CC(CNCC(O)C1CC1)C(N)=O. The second-order valence-electron chi connectivity index (χ2n) is 3.87. The average molecular weight is 186 g/mol. The Kier molecular flexibility index (Phi) is 3.69. The molecule has 1 fully saturated rings. The number of rotatable bonds is 6. The van der Waals surface area contributed by atoms with E-state index in [0.29, 0.717) is 19.0 Å². The molecular formula is C9H18N2O2. The Bertz CT molecular complexity index is 180. The zero-order valence-electron chi connectivity index (χ0n) is 7.99. The lowest BCUT2D eigenvalue weighted by Crippen LogP contribution is -2.35. The summed E-state index contributed by atoms with van der Waals surface area (Å²) in [4.78, 5) is 10.6. The molecule has 0 radical (unpaired) electrons. The van der Waals surface area contributed by atoms with E-state index in [0.717, 1.165) is 12.8 Å². The highest BCUT2D eigenvalue weighted by Gasteiger charge is 2.29. The summed E-state index contributed by atoms with van der Waals surface area (Å²) < 4.78 is 0. The van der Waals surface area contributed by atoms with Gasteiger partial charge in [-0.25, -0.2) is 0 Å². The van der Waals surface area contributed by atoms with Crippen molar-refractivity contribution in [2.75, 3.05) is 13.1 Å². The maximum absolute atomic E-state index is 10.6. The fourth-order valence-corrected chi connectivity index (χ4v) is 1.20. The number of carbonyl (C=O) groups is 1. The van der Waals surface area contributed by atoms with Gasteiger partial charge >= 0.3 is 0 Å². The molecule has 2 unspecified atom stereocenters. The summed E-state index contributed by atoms with van der Waals surface area (Å²) in [6.07, 6.45) is 2.02. The maximum Gasteiger partial charge on any atom is 0.221 e. The van der Waals surface area contributed by atoms with Gasteiger partial charge in [0.2, 0.25) is 5.91 Å². The zero-order valence-corrected chi connectivity index (χ0v) is 7.99. The van der Waals surface area contributed by atoms with Crippen LogP contribution in [-0.4, -0.2) is 30.2 Å². The molecule has 1 saturated carbocycles. The second kappa shape index (κ2) is 4.58. The quantitative estimate of drug-likeness (QED) is 0.522. The highest BCUT2D eigenvalue weighted by molar-refractivity contribution is 5.76. The van der Waals surface area contributed by atoms with Gasteiger partial charge in [-0.1, -0.05) is 6.92 Å². The number of aliphatic hydroxyl groups is 1. The van der Waals surface area contributed by atoms with Gasteiger partial charge in [0, 0.05) is 19.0 Å². The highest BCUT2D eigenvalue weighted by Crippen LogP contribution is 2.32. The van der Waals surface area contributed by atoms with Gasteiger partial charge in [-0.05, 0) is 18.8 Å². The minimum atomic E-state index is -0.298. The summed E-state index contributed by atoms with van der Waals surface area (Å²) in [5.41, 5.74) is 5.08. The largest absolute Gasteiger partial charge is 0.392 e. The van der Waals surface area contributed by atoms with Gasteiger partial charge in [-0.3, -0.25) is 4.79 Å². The summed E-state index contributed by atoms with van der Waals surface area (Å²) in [5, 5.41) is 12.5. The minimum Gasteiger partial charge on any atom is -0.392 e. The van der Waals surface area contributed by atoms with Crippen LogP contribution in [0.25, 0.3) is 0 Å². The fourth-order valence-electron chi connectivity index (χ4n) is 1.20. The van der Waals surface area contributed by atoms with Crippen molar-refractivity contribution in [2.45, 2.75) is 25.9 Å². The Labute approximate surface area is 78.5 Å². The first-order chi connectivity index (χ1) is 6.11. The first-order valence-corrected chi connectivity index (χ1v) is 4.79. The molecule has 0 aromatic heterocycles. The van der Waals surface area contributed by atoms with Gasteiger partial charge in [0.15, 0.2) is 0 Å². The van der Waals surface area contributed by atoms with E-state index in [2.05, 4.69) is 5.32 Å². The number of aliphatic hydroxyl groups excluding tert-OH is 1. The molecule has 0 saturated heterocycles. The number of primary amides is 1. The monoisotopic (exact) mass is 186 g/mol. The molecule has 4 nitrogen and oxygen atoms in total. The van der Waals surface area contributed by atoms with Crippen molar-refractivity contribution in [1.29, 1.82) is 0 Å². The predicted molar refractivity (Wildman–Crippen MR) is 50.0 cm³/mol. The Morgan fingerprint density at radius 1 is 1.62 bits per heavy atom. The van der Waals surface area contributed by atoms with Gasteiger partial charge in [0.05, 0.1) is 6.10 Å². The lowest BCUT2D eigenvalue weighted by molar-refractivity contribution is -0.121. The summed E-state index contributed by atoms with van der Waals surface area (Å²) in [5.74, 6) is 0.0243. The molecule has 76 valence electrons. The fraction of sp³-hybridized carbons (Fsp3) is 0.889. The van der Waals surface area contributed by atoms with E-state index < -0.39 is 0 Å². The third kappa shape index (κ3) is 3.74. The van der Waals surface area contributed by atoms with Gasteiger partial charge in [0.1, 0.15) is 0 Å². The zero-order chi connectivity index (χ0) is 9.84. The van der Waals surface area contributed by atoms with Crippen LogP contribution in [-0.2, 0) is 4.79 Å². The van der Waals surface area contributed by atoms with E-state index in [1.165, 1.54) is 0 Å². The summed E-state index contributed by atoms with van der Waals surface area (Å²) in [7, 11) is 0. The van der Waals surface area contributed by atoms with E-state index >= 15 is 0 Å². The summed E-state index contributed by atoms with van der Waals surface area (Å²) >= 11 is 0. The molecule has 2 atom stereocenters. The number of nitrogens with one attached hydrogen (secondary N) is 1. The van der Waals surface area contributed by atoms with Crippen LogP contribution in [0.1, 0.15) is 19.8 Å². The Morgan fingerprint density at radius 2 is 2.23 bits per heavy atom. The van der Waals surface area contributed by atoms with Gasteiger partial charge in [-0.15, -0.1) is 0 Å². The third-order valence-corrected chi connectivity index (χ3v) is 2.46. The van der Waals surface area contributed by atoms with Gasteiger partial charge < -0.3 is 16.2 Å². The predicted octanol–water partition coefficient (Wildman–Crippen LogP) is -0.532. The molecule has 0 aliphatic heterocycles. The van der Waals surface area contributed by atoms with E-state index in [-0.39, 0.29) is 17.9 Å². The van der Waals surface area contributed by atoms with E-state index in [1.807, 2.05) is 0 Å². The Morgan fingerprint density at radius 3 is 2.69 bits per heavy atom. The normalized spacial score (nSPS) is 21.1. The van der Waals surface area contributed by atoms with Crippen LogP contribution < -0.4 is 11.1 Å². The molecule has 4 heteroatoms. The molecule has 1 amide bonds. The van der Waals surface area contributed by atoms with Crippen LogP contribution in [0.4, 0.5) is 0 Å². The third-order valence-electron chi connectivity index (χ3n) is 2.46. The molecule has 0 heterocycles. The molecule has 1 aliphatic carbocycles. The number of carbonyl (C=O) groups excluding carboxylic acids is 1. The molecule has 0 aromatic carbocycles. The number of hydrogen-bond donors (Lipinski definition) is 3. The molecule has 13 heavy (non-hydrogen) atoms. The number of amides is 1. The van der Waals surface area contributed by atoms with Crippen LogP contribution >= 0.6 is 0 Å². The van der Waals surface area contributed by atoms with Gasteiger partial charge in [0.25, 0.3) is 0 Å². The standard InChI is InChI=1S/C9H18N2O2/c1-6(9(10)13)4-11-5-8(12)7-2-3-7/h6-8,11-12H,2-5H2,1H3,(H2,10,13). The van der Waals surface area contributed by atoms with Crippen molar-refractivity contribution in [3.63, 3.8) is 0 Å². The topological polar surface area (TPSA) is 75.3 Å². The van der Waals surface area contributed by atoms with Crippen LogP contribution in [0.2, 0.25) is 0 Å². The molecule has 4 N–H and O–H groups in total. The van der Waals surface area contributed by atoms with Crippen LogP contribution in [0, 0.1) is 11.8 Å². The van der Waals surface area contributed by atoms with Crippen LogP contribution in [0.5, 0.6) is 0 Å².